The molecule has 1 aromatic carbocycles. The predicted molar refractivity (Wildman–Crippen MR) is 99.5 cm³/mol. The Balaban J connectivity index is 1.36. The van der Waals surface area contributed by atoms with Crippen molar-refractivity contribution in [3.63, 3.8) is 0 Å². The molecule has 2 amide bonds. The average molecular weight is 370 g/mol. The molecule has 5 rings (SSSR count). The number of carbonyl (C=O) groups excluding carboxylic acids is 2. The van der Waals surface area contributed by atoms with Crippen LogP contribution in [-0.2, 0) is 25.5 Å². The number of piperidine rings is 1. The van der Waals surface area contributed by atoms with Crippen molar-refractivity contribution in [3.05, 3.63) is 29.3 Å². The molecule has 1 aromatic rings. The van der Waals surface area contributed by atoms with E-state index >= 15 is 0 Å². The number of hydrogen-bond acceptors (Lipinski definition) is 5. The predicted octanol–water partition coefficient (Wildman–Crippen LogP) is 2.25. The Morgan fingerprint density at radius 2 is 1.81 bits per heavy atom. The summed E-state index contributed by atoms with van der Waals surface area (Å²) in [7, 11) is 0. The second-order valence-electron chi connectivity index (χ2n) is 8.14. The first kappa shape index (κ1) is 17.2. The van der Waals surface area contributed by atoms with E-state index in [9.17, 15) is 9.59 Å². The van der Waals surface area contributed by atoms with Crippen LogP contribution in [-0.4, -0.2) is 43.4 Å². The summed E-state index contributed by atoms with van der Waals surface area (Å²) in [5, 5.41) is 2.50. The molecule has 0 unspecified atom stereocenters. The van der Waals surface area contributed by atoms with Gasteiger partial charge in [-0.2, -0.15) is 0 Å². The van der Waals surface area contributed by atoms with Gasteiger partial charge in [-0.1, -0.05) is 12.1 Å². The maximum absolute atomic E-state index is 12.3. The van der Waals surface area contributed by atoms with Crippen LogP contribution in [0.1, 0.15) is 55.6 Å². The first-order chi connectivity index (χ1) is 13.2. The summed E-state index contributed by atoms with van der Waals surface area (Å²) in [5.74, 6) is -0.107. The van der Waals surface area contributed by atoms with Gasteiger partial charge >= 0.3 is 0 Å². The smallest absolute Gasteiger partial charge is 0.249 e. The number of nitrogens with one attached hydrogen (secondary N) is 1. The van der Waals surface area contributed by atoms with Gasteiger partial charge in [0, 0.05) is 31.5 Å². The first-order valence-electron chi connectivity index (χ1n) is 10.2. The third-order valence-corrected chi connectivity index (χ3v) is 6.69. The molecule has 6 heteroatoms. The SMILES string of the molecule is O=C1CC[C@@H](N2CCc3c(C4CCC5(CC4)OCCO5)cccc32)C(=O)N1. The Morgan fingerprint density at radius 1 is 1.04 bits per heavy atom. The number of fused-ring (bicyclic) bond motifs is 1. The lowest BCUT2D eigenvalue weighted by Gasteiger charge is -2.36. The van der Waals surface area contributed by atoms with E-state index in [1.807, 2.05) is 0 Å². The van der Waals surface area contributed by atoms with Crippen LogP contribution in [0.4, 0.5) is 5.69 Å². The van der Waals surface area contributed by atoms with Gasteiger partial charge in [0.25, 0.3) is 0 Å². The summed E-state index contributed by atoms with van der Waals surface area (Å²) in [5.41, 5.74) is 3.99. The quantitative estimate of drug-likeness (QED) is 0.809. The van der Waals surface area contributed by atoms with Crippen LogP contribution in [0.25, 0.3) is 0 Å². The third kappa shape index (κ3) is 2.95. The van der Waals surface area contributed by atoms with Gasteiger partial charge in [0.1, 0.15) is 6.04 Å². The Bertz CT molecular complexity index is 761. The molecule has 2 saturated heterocycles. The van der Waals surface area contributed by atoms with Crippen LogP contribution in [0, 0.1) is 0 Å². The number of imide groups is 1. The van der Waals surface area contributed by atoms with Gasteiger partial charge in [-0.15, -0.1) is 0 Å². The number of anilines is 1. The van der Waals surface area contributed by atoms with Crippen molar-refractivity contribution in [1.82, 2.24) is 5.32 Å². The second-order valence-corrected chi connectivity index (χ2v) is 8.14. The molecule has 3 aliphatic heterocycles. The normalized spacial score (nSPS) is 27.9. The molecule has 1 N–H and O–H groups in total. The number of rotatable bonds is 2. The molecular weight excluding hydrogens is 344 g/mol. The lowest BCUT2D eigenvalue weighted by Crippen LogP contribution is -2.52. The molecule has 0 radical (unpaired) electrons. The van der Waals surface area contributed by atoms with Crippen LogP contribution in [0.3, 0.4) is 0 Å². The minimum absolute atomic E-state index is 0.153. The van der Waals surface area contributed by atoms with E-state index in [2.05, 4.69) is 28.4 Å². The fourth-order valence-corrected chi connectivity index (χ4v) is 5.33. The van der Waals surface area contributed by atoms with Crippen molar-refractivity contribution in [2.24, 2.45) is 0 Å². The number of benzene rings is 1. The molecule has 1 atom stereocenters. The number of amides is 2. The molecular formula is C21H26N2O4. The van der Waals surface area contributed by atoms with Crippen molar-refractivity contribution in [3.8, 4) is 0 Å². The molecule has 144 valence electrons. The first-order valence-corrected chi connectivity index (χ1v) is 10.2. The van der Waals surface area contributed by atoms with Gasteiger partial charge in [-0.25, -0.2) is 0 Å². The maximum Gasteiger partial charge on any atom is 0.249 e. The average Bonchev–Trinajstić information content (AvgIpc) is 3.30. The van der Waals surface area contributed by atoms with E-state index in [-0.39, 0.29) is 23.6 Å². The van der Waals surface area contributed by atoms with Crippen molar-refractivity contribution in [2.45, 2.75) is 62.7 Å². The van der Waals surface area contributed by atoms with Crippen molar-refractivity contribution in [2.75, 3.05) is 24.7 Å². The molecule has 6 nitrogen and oxygen atoms in total. The molecule has 1 aliphatic carbocycles. The molecule has 1 saturated carbocycles. The zero-order chi connectivity index (χ0) is 18.4. The van der Waals surface area contributed by atoms with Crippen LogP contribution in [0.15, 0.2) is 18.2 Å². The molecule has 3 fully saturated rings. The lowest BCUT2D eigenvalue weighted by molar-refractivity contribution is -0.178. The van der Waals surface area contributed by atoms with E-state index in [0.717, 1.165) is 38.6 Å². The van der Waals surface area contributed by atoms with E-state index in [1.165, 1.54) is 16.8 Å². The van der Waals surface area contributed by atoms with Gasteiger partial charge in [-0.3, -0.25) is 14.9 Å². The summed E-state index contributed by atoms with van der Waals surface area (Å²) in [4.78, 5) is 26.0. The Morgan fingerprint density at radius 3 is 2.56 bits per heavy atom. The Labute approximate surface area is 159 Å². The molecule has 3 heterocycles. The lowest BCUT2D eigenvalue weighted by atomic mass is 9.79. The fourth-order valence-electron chi connectivity index (χ4n) is 5.33. The van der Waals surface area contributed by atoms with Gasteiger partial charge in [0.15, 0.2) is 5.79 Å². The molecule has 0 bridgehead atoms. The standard InChI is InChI=1S/C21H26N2O4/c24-19-5-4-18(20(25)22-19)23-11-8-16-15(2-1-3-17(16)23)14-6-9-21(10-7-14)26-12-13-27-21/h1-3,14,18H,4-13H2,(H,22,24,25)/t18-/m1/s1. The highest BCUT2D eigenvalue weighted by Crippen LogP contribution is 2.45. The number of nitrogens with zero attached hydrogens (tertiary/aromatic N) is 1. The fraction of sp³-hybridized carbons (Fsp3) is 0.619. The Kier molecular flexibility index (Phi) is 4.20. The minimum Gasteiger partial charge on any atom is -0.359 e. The van der Waals surface area contributed by atoms with Gasteiger partial charge in [0.05, 0.1) is 13.2 Å². The largest absolute Gasteiger partial charge is 0.359 e. The van der Waals surface area contributed by atoms with Crippen LogP contribution in [0.2, 0.25) is 0 Å². The van der Waals surface area contributed by atoms with Gasteiger partial charge < -0.3 is 14.4 Å². The molecule has 4 aliphatic rings. The van der Waals surface area contributed by atoms with Crippen molar-refractivity contribution < 1.29 is 19.1 Å². The van der Waals surface area contributed by atoms with Crippen LogP contribution in [0.5, 0.6) is 0 Å². The van der Waals surface area contributed by atoms with Crippen molar-refractivity contribution in [1.29, 1.82) is 0 Å². The van der Waals surface area contributed by atoms with Crippen LogP contribution < -0.4 is 10.2 Å². The summed E-state index contributed by atoms with van der Waals surface area (Å²) in [6.07, 6.45) is 6.07. The zero-order valence-electron chi connectivity index (χ0n) is 15.5. The highest BCUT2D eigenvalue weighted by atomic mass is 16.7. The maximum atomic E-state index is 12.3. The topological polar surface area (TPSA) is 67.9 Å². The summed E-state index contributed by atoms with van der Waals surface area (Å²) < 4.78 is 11.7. The van der Waals surface area contributed by atoms with Gasteiger partial charge in [0.2, 0.25) is 11.8 Å². The molecule has 1 spiro atoms. The summed E-state index contributed by atoms with van der Waals surface area (Å²) >= 11 is 0. The third-order valence-electron chi connectivity index (χ3n) is 6.69. The van der Waals surface area contributed by atoms with Crippen LogP contribution >= 0.6 is 0 Å². The molecule has 27 heavy (non-hydrogen) atoms. The van der Waals surface area contributed by atoms with E-state index in [0.29, 0.717) is 32.0 Å². The number of carbonyl (C=O) groups is 2. The Hall–Kier alpha value is -1.92. The summed E-state index contributed by atoms with van der Waals surface area (Å²) in [6.45, 7) is 2.28. The van der Waals surface area contributed by atoms with E-state index in [4.69, 9.17) is 9.47 Å². The number of hydrogen-bond donors (Lipinski definition) is 1. The van der Waals surface area contributed by atoms with Gasteiger partial charge in [-0.05, 0) is 48.8 Å². The monoisotopic (exact) mass is 370 g/mol. The minimum atomic E-state index is -0.326. The number of ether oxygens (including phenoxy) is 2. The zero-order valence-corrected chi connectivity index (χ0v) is 15.5. The van der Waals surface area contributed by atoms with E-state index < -0.39 is 0 Å². The summed E-state index contributed by atoms with van der Waals surface area (Å²) in [6, 6.07) is 6.27. The highest BCUT2D eigenvalue weighted by molar-refractivity contribution is 6.02. The van der Waals surface area contributed by atoms with Crippen molar-refractivity contribution >= 4 is 17.5 Å². The van der Waals surface area contributed by atoms with E-state index in [1.54, 1.807) is 0 Å². The highest BCUT2D eigenvalue weighted by Gasteiger charge is 2.42. The second kappa shape index (κ2) is 6.60. The molecule has 0 aromatic heterocycles.